The number of benzene rings is 2. The number of carbonyl (C=O) groups excluding carboxylic acids is 2. The monoisotopic (exact) mass is 443 g/mol. The summed E-state index contributed by atoms with van der Waals surface area (Å²) in [6.07, 6.45) is 0.0568. The smallest absolute Gasteiger partial charge is 0.315 e. The van der Waals surface area contributed by atoms with E-state index in [2.05, 4.69) is 4.72 Å². The highest BCUT2D eigenvalue weighted by molar-refractivity contribution is 7.89. The van der Waals surface area contributed by atoms with E-state index in [-0.39, 0.29) is 10.5 Å². The van der Waals surface area contributed by atoms with Crippen LogP contribution in [-0.4, -0.2) is 33.4 Å². The Hall–Kier alpha value is -3.13. The fourth-order valence-corrected chi connectivity index (χ4v) is 4.28. The molecule has 31 heavy (non-hydrogen) atoms. The number of aryl methyl sites for hydroxylation is 2. The third-order valence-corrected chi connectivity index (χ3v) is 6.56. The molecule has 1 aliphatic heterocycles. The number of ketones is 1. The van der Waals surface area contributed by atoms with Crippen LogP contribution in [0.1, 0.15) is 35.3 Å². The number of ether oxygens (including phenoxy) is 2. The van der Waals surface area contributed by atoms with E-state index in [0.29, 0.717) is 11.3 Å². The van der Waals surface area contributed by atoms with Crippen LogP contribution in [0.15, 0.2) is 59.1 Å². The van der Waals surface area contributed by atoms with Crippen molar-refractivity contribution >= 4 is 21.8 Å². The molecule has 2 aromatic carbocycles. The van der Waals surface area contributed by atoms with Gasteiger partial charge in [0.15, 0.2) is 5.78 Å². The first-order valence-electron chi connectivity index (χ1n) is 9.67. The van der Waals surface area contributed by atoms with Crippen molar-refractivity contribution in [1.82, 2.24) is 4.72 Å². The lowest BCUT2D eigenvalue weighted by Gasteiger charge is -2.36. The van der Waals surface area contributed by atoms with Crippen LogP contribution < -0.4 is 9.46 Å². The number of methoxy groups -OCH3 is 1. The van der Waals surface area contributed by atoms with Gasteiger partial charge < -0.3 is 9.47 Å². The summed E-state index contributed by atoms with van der Waals surface area (Å²) in [4.78, 5) is 25.8. The molecule has 0 radical (unpaired) electrons. The predicted molar refractivity (Wildman–Crippen MR) is 115 cm³/mol. The zero-order valence-electron chi connectivity index (χ0n) is 18.1. The first-order chi connectivity index (χ1) is 14.5. The van der Waals surface area contributed by atoms with E-state index in [9.17, 15) is 18.0 Å². The van der Waals surface area contributed by atoms with Crippen LogP contribution in [0.3, 0.4) is 0 Å². The second-order valence-corrected chi connectivity index (χ2v) is 9.79. The second kappa shape index (κ2) is 8.19. The molecule has 3 rings (SSSR count). The van der Waals surface area contributed by atoms with Crippen LogP contribution in [0.5, 0.6) is 5.75 Å². The van der Waals surface area contributed by atoms with Gasteiger partial charge in [0.25, 0.3) is 10.0 Å². The number of sulfonamides is 1. The zero-order chi connectivity index (χ0) is 23.0. The number of carbonyl (C=O) groups is 2. The van der Waals surface area contributed by atoms with Crippen LogP contribution in [-0.2, 0) is 19.6 Å². The summed E-state index contributed by atoms with van der Waals surface area (Å²) in [6, 6.07) is 11.4. The van der Waals surface area contributed by atoms with E-state index in [1.54, 1.807) is 44.2 Å². The van der Waals surface area contributed by atoms with E-state index in [1.807, 2.05) is 13.8 Å². The number of nitrogens with one attached hydrogen (secondary N) is 1. The molecule has 0 saturated heterocycles. The lowest BCUT2D eigenvalue weighted by molar-refractivity contribution is -0.154. The van der Waals surface area contributed by atoms with Gasteiger partial charge >= 0.3 is 5.97 Å². The Bertz CT molecular complexity index is 1160. The lowest BCUT2D eigenvalue weighted by atomic mass is 9.78. The minimum atomic E-state index is -3.93. The summed E-state index contributed by atoms with van der Waals surface area (Å²) in [7, 11) is -2.68. The molecule has 1 heterocycles. The lowest BCUT2D eigenvalue weighted by Crippen LogP contribution is -2.47. The highest BCUT2D eigenvalue weighted by atomic mass is 32.2. The first kappa shape index (κ1) is 22.6. The molecule has 0 aliphatic carbocycles. The summed E-state index contributed by atoms with van der Waals surface area (Å²) in [5.74, 6) is -0.678. The van der Waals surface area contributed by atoms with Crippen molar-refractivity contribution in [3.63, 3.8) is 0 Å². The van der Waals surface area contributed by atoms with E-state index < -0.39 is 33.3 Å². The summed E-state index contributed by atoms with van der Waals surface area (Å²) >= 11 is 0. The molecule has 0 spiro atoms. The number of fused-ring (bicyclic) bond motifs is 1. The van der Waals surface area contributed by atoms with E-state index >= 15 is 0 Å². The molecule has 0 aromatic heterocycles. The molecule has 7 nitrogen and oxygen atoms in total. The van der Waals surface area contributed by atoms with E-state index in [4.69, 9.17) is 9.47 Å². The van der Waals surface area contributed by atoms with Crippen molar-refractivity contribution in [3.8, 4) is 5.75 Å². The normalized spacial score (nSPS) is 17.6. The Labute approximate surface area is 182 Å². The molecule has 164 valence electrons. The zero-order valence-corrected chi connectivity index (χ0v) is 18.9. The van der Waals surface area contributed by atoms with Gasteiger partial charge in [-0.2, -0.15) is 0 Å². The molecule has 1 N–H and O–H groups in total. The third kappa shape index (κ3) is 4.34. The standard InChI is InChI=1S/C23H25NO6S/c1-14-6-9-16(10-7-14)31(27,28)24-13-18-20(25)17-12-15(2)8-11-19(17)30-21(18)23(3,4)22(26)29-5/h6-13,21,24H,1-5H3/b18-13+. The fraction of sp³-hybridized carbons (Fsp3) is 0.304. The van der Waals surface area contributed by atoms with Crippen molar-refractivity contribution in [2.75, 3.05) is 7.11 Å². The average Bonchev–Trinajstić information content (AvgIpc) is 2.72. The Morgan fingerprint density at radius 2 is 1.71 bits per heavy atom. The molecule has 0 saturated carbocycles. The highest BCUT2D eigenvalue weighted by Crippen LogP contribution is 2.39. The van der Waals surface area contributed by atoms with Crippen LogP contribution in [0.25, 0.3) is 0 Å². The van der Waals surface area contributed by atoms with Gasteiger partial charge in [-0.15, -0.1) is 0 Å². The second-order valence-electron chi connectivity index (χ2n) is 8.07. The molecular weight excluding hydrogens is 418 g/mol. The number of esters is 1. The van der Waals surface area contributed by atoms with Gasteiger partial charge in [-0.05, 0) is 52.0 Å². The maximum Gasteiger partial charge on any atom is 0.315 e. The molecule has 1 unspecified atom stereocenters. The number of hydrogen-bond acceptors (Lipinski definition) is 6. The average molecular weight is 444 g/mol. The van der Waals surface area contributed by atoms with Crippen molar-refractivity contribution in [3.05, 3.63) is 70.9 Å². The summed E-state index contributed by atoms with van der Waals surface area (Å²) in [5, 5.41) is 0. The Balaban J connectivity index is 2.07. The quantitative estimate of drug-likeness (QED) is 0.562. The minimum Gasteiger partial charge on any atom is -0.484 e. The predicted octanol–water partition coefficient (Wildman–Crippen LogP) is 3.31. The number of rotatable bonds is 5. The van der Waals surface area contributed by atoms with Gasteiger partial charge in [0, 0.05) is 6.20 Å². The molecule has 2 aromatic rings. The molecule has 0 fully saturated rings. The Morgan fingerprint density at radius 3 is 2.32 bits per heavy atom. The van der Waals surface area contributed by atoms with Crippen LogP contribution in [0.4, 0.5) is 0 Å². The SMILES string of the molecule is COC(=O)C(C)(C)C1Oc2ccc(C)cc2C(=O)/C1=C\NS(=O)(=O)c1ccc(C)cc1. The maximum absolute atomic E-state index is 13.3. The molecule has 1 aliphatic rings. The largest absolute Gasteiger partial charge is 0.484 e. The van der Waals surface area contributed by atoms with E-state index in [0.717, 1.165) is 17.3 Å². The fourth-order valence-electron chi connectivity index (χ4n) is 3.36. The minimum absolute atomic E-state index is 0.0178. The highest BCUT2D eigenvalue weighted by Gasteiger charge is 2.47. The molecule has 0 amide bonds. The summed E-state index contributed by atoms with van der Waals surface area (Å²) < 4.78 is 38.7. The molecule has 1 atom stereocenters. The van der Waals surface area contributed by atoms with Gasteiger partial charge in [-0.1, -0.05) is 29.3 Å². The molecule has 0 bridgehead atoms. The topological polar surface area (TPSA) is 98.8 Å². The van der Waals surface area contributed by atoms with Gasteiger partial charge in [-0.25, -0.2) is 8.42 Å². The van der Waals surface area contributed by atoms with Crippen LogP contribution in [0.2, 0.25) is 0 Å². The van der Waals surface area contributed by atoms with Crippen LogP contribution in [0, 0.1) is 19.3 Å². The van der Waals surface area contributed by atoms with E-state index in [1.165, 1.54) is 19.2 Å². The summed E-state index contributed by atoms with van der Waals surface area (Å²) in [6.45, 7) is 6.85. The summed E-state index contributed by atoms with van der Waals surface area (Å²) in [5.41, 5.74) is 0.830. The number of Topliss-reactive ketones (excluding diaryl/α,β-unsaturated/α-hetero) is 1. The Kier molecular flexibility index (Phi) is 5.96. The molecule has 8 heteroatoms. The van der Waals surface area contributed by atoms with Crippen molar-refractivity contribution in [2.45, 2.75) is 38.7 Å². The Morgan fingerprint density at radius 1 is 1.10 bits per heavy atom. The molecular formula is C23H25NO6S. The third-order valence-electron chi connectivity index (χ3n) is 5.24. The van der Waals surface area contributed by atoms with Gasteiger partial charge in [0.05, 0.1) is 23.1 Å². The first-order valence-corrected chi connectivity index (χ1v) is 11.1. The van der Waals surface area contributed by atoms with Crippen molar-refractivity contribution in [1.29, 1.82) is 0 Å². The number of hydrogen-bond donors (Lipinski definition) is 1. The maximum atomic E-state index is 13.3. The van der Waals surface area contributed by atoms with Crippen LogP contribution >= 0.6 is 0 Å². The van der Waals surface area contributed by atoms with Gasteiger partial charge in [0.2, 0.25) is 0 Å². The van der Waals surface area contributed by atoms with Crippen molar-refractivity contribution < 1.29 is 27.5 Å². The van der Waals surface area contributed by atoms with Gasteiger partial charge in [-0.3, -0.25) is 14.3 Å². The van der Waals surface area contributed by atoms with Gasteiger partial charge in [0.1, 0.15) is 17.3 Å². The van der Waals surface area contributed by atoms with Crippen molar-refractivity contribution in [2.24, 2.45) is 5.41 Å².